The molecule has 1 aromatic heterocycles. The molecule has 19 heavy (non-hydrogen) atoms. The molecule has 2 atom stereocenters. The van der Waals surface area contributed by atoms with Gasteiger partial charge in [0, 0.05) is 17.8 Å². The van der Waals surface area contributed by atoms with E-state index in [1.807, 2.05) is 40.0 Å². The Labute approximate surface area is 115 Å². The Morgan fingerprint density at radius 2 is 2.21 bits per heavy atom. The van der Waals surface area contributed by atoms with E-state index in [2.05, 4.69) is 11.1 Å². The first-order valence-electron chi connectivity index (χ1n) is 7.05. The Kier molecular flexibility index (Phi) is 3.93. The number of esters is 1. The highest BCUT2D eigenvalue weighted by atomic mass is 16.6. The molecule has 0 aromatic carbocycles. The number of hydrogen-bond acceptors (Lipinski definition) is 3. The molecule has 3 heteroatoms. The average Bonchev–Trinajstić information content (AvgIpc) is 2.35. The van der Waals surface area contributed by atoms with Crippen molar-refractivity contribution in [2.45, 2.75) is 58.5 Å². The molecular formula is C16H23NO2. The van der Waals surface area contributed by atoms with Crippen LogP contribution in [0.15, 0.2) is 18.3 Å². The second-order valence-electron chi connectivity index (χ2n) is 6.37. The van der Waals surface area contributed by atoms with Gasteiger partial charge in [0.15, 0.2) is 0 Å². The van der Waals surface area contributed by atoms with Crippen LogP contribution in [-0.2, 0) is 16.0 Å². The first kappa shape index (κ1) is 14.0. The van der Waals surface area contributed by atoms with Crippen molar-refractivity contribution in [3.05, 3.63) is 29.6 Å². The summed E-state index contributed by atoms with van der Waals surface area (Å²) >= 11 is 0. The van der Waals surface area contributed by atoms with E-state index in [1.165, 1.54) is 5.56 Å². The number of fused-ring (bicyclic) bond motifs is 1. The Balaban J connectivity index is 2.17. The predicted molar refractivity (Wildman–Crippen MR) is 74.9 cm³/mol. The van der Waals surface area contributed by atoms with Crippen LogP contribution < -0.4 is 0 Å². The van der Waals surface area contributed by atoms with E-state index < -0.39 is 5.60 Å². The molecule has 0 aliphatic heterocycles. The zero-order valence-electron chi connectivity index (χ0n) is 12.3. The summed E-state index contributed by atoms with van der Waals surface area (Å²) in [7, 11) is 0. The fraction of sp³-hybridized carbons (Fsp3) is 0.625. The van der Waals surface area contributed by atoms with E-state index in [0.29, 0.717) is 0 Å². The van der Waals surface area contributed by atoms with Gasteiger partial charge in [-0.2, -0.15) is 0 Å². The molecule has 1 aliphatic rings. The lowest BCUT2D eigenvalue weighted by molar-refractivity contribution is -0.160. The van der Waals surface area contributed by atoms with Gasteiger partial charge in [0.25, 0.3) is 0 Å². The standard InChI is InChI=1S/C16H23NO2/c1-11(15(18)19-16(2,3)4)13-9-5-7-12-8-6-10-17-14(12)13/h6,8,10-11,13H,5,7,9H2,1-4H3. The van der Waals surface area contributed by atoms with E-state index in [1.54, 1.807) is 0 Å². The van der Waals surface area contributed by atoms with Crippen molar-refractivity contribution in [1.29, 1.82) is 0 Å². The maximum absolute atomic E-state index is 12.2. The number of pyridine rings is 1. The summed E-state index contributed by atoms with van der Waals surface area (Å²) < 4.78 is 5.50. The van der Waals surface area contributed by atoms with Gasteiger partial charge >= 0.3 is 5.97 Å². The third-order valence-electron chi connectivity index (χ3n) is 3.62. The van der Waals surface area contributed by atoms with Crippen molar-refractivity contribution in [3.8, 4) is 0 Å². The summed E-state index contributed by atoms with van der Waals surface area (Å²) in [5.41, 5.74) is 1.95. The molecule has 0 radical (unpaired) electrons. The van der Waals surface area contributed by atoms with Gasteiger partial charge in [-0.1, -0.05) is 13.0 Å². The summed E-state index contributed by atoms with van der Waals surface area (Å²) in [4.78, 5) is 16.7. The average molecular weight is 261 g/mol. The van der Waals surface area contributed by atoms with Crippen LogP contribution in [0.5, 0.6) is 0 Å². The lowest BCUT2D eigenvalue weighted by Crippen LogP contribution is -2.31. The summed E-state index contributed by atoms with van der Waals surface area (Å²) in [5.74, 6) is -0.0519. The Hall–Kier alpha value is -1.38. The quantitative estimate of drug-likeness (QED) is 0.765. The molecule has 0 amide bonds. The first-order chi connectivity index (χ1) is 8.88. The molecule has 104 valence electrons. The van der Waals surface area contributed by atoms with E-state index in [0.717, 1.165) is 25.0 Å². The first-order valence-corrected chi connectivity index (χ1v) is 7.05. The third-order valence-corrected chi connectivity index (χ3v) is 3.62. The van der Waals surface area contributed by atoms with E-state index in [9.17, 15) is 4.79 Å². The van der Waals surface area contributed by atoms with Crippen LogP contribution in [-0.4, -0.2) is 16.6 Å². The number of nitrogens with zero attached hydrogens (tertiary/aromatic N) is 1. The van der Waals surface area contributed by atoms with Gasteiger partial charge in [0.2, 0.25) is 0 Å². The molecule has 0 saturated carbocycles. The zero-order chi connectivity index (χ0) is 14.0. The SMILES string of the molecule is CC(C(=O)OC(C)(C)C)C1CCCc2cccnc21. The maximum atomic E-state index is 12.2. The Morgan fingerprint density at radius 1 is 1.47 bits per heavy atom. The second kappa shape index (κ2) is 5.32. The number of ether oxygens (including phenoxy) is 1. The van der Waals surface area contributed by atoms with Crippen LogP contribution in [0.1, 0.15) is 57.7 Å². The van der Waals surface area contributed by atoms with Crippen molar-refractivity contribution >= 4 is 5.97 Å². The van der Waals surface area contributed by atoms with Gasteiger partial charge in [-0.3, -0.25) is 9.78 Å². The van der Waals surface area contributed by atoms with E-state index in [-0.39, 0.29) is 17.8 Å². The minimum Gasteiger partial charge on any atom is -0.460 e. The Bertz CT molecular complexity index is 462. The maximum Gasteiger partial charge on any atom is 0.309 e. The third kappa shape index (κ3) is 3.34. The van der Waals surface area contributed by atoms with Crippen molar-refractivity contribution in [2.24, 2.45) is 5.92 Å². The summed E-state index contributed by atoms with van der Waals surface area (Å²) in [6, 6.07) is 4.09. The van der Waals surface area contributed by atoms with Crippen molar-refractivity contribution in [3.63, 3.8) is 0 Å². The molecule has 0 bridgehead atoms. The monoisotopic (exact) mass is 261 g/mol. The largest absolute Gasteiger partial charge is 0.460 e. The molecular weight excluding hydrogens is 238 g/mol. The van der Waals surface area contributed by atoms with Gasteiger partial charge in [-0.25, -0.2) is 0 Å². The molecule has 1 aliphatic carbocycles. The number of aryl methyl sites for hydroxylation is 1. The van der Waals surface area contributed by atoms with Crippen LogP contribution in [0.2, 0.25) is 0 Å². The molecule has 0 fully saturated rings. The van der Waals surface area contributed by atoms with E-state index in [4.69, 9.17) is 4.74 Å². The highest BCUT2D eigenvalue weighted by Gasteiger charge is 2.33. The predicted octanol–water partition coefficient (Wildman–Crippen LogP) is 3.48. The zero-order valence-corrected chi connectivity index (χ0v) is 12.3. The molecule has 2 rings (SSSR count). The minimum absolute atomic E-state index is 0.115. The fourth-order valence-electron chi connectivity index (χ4n) is 2.69. The fourth-order valence-corrected chi connectivity index (χ4v) is 2.69. The molecule has 2 unspecified atom stereocenters. The van der Waals surface area contributed by atoms with Gasteiger partial charge in [0.05, 0.1) is 5.92 Å². The van der Waals surface area contributed by atoms with E-state index >= 15 is 0 Å². The highest BCUT2D eigenvalue weighted by Crippen LogP contribution is 2.36. The van der Waals surface area contributed by atoms with Crippen LogP contribution >= 0.6 is 0 Å². The molecule has 0 spiro atoms. The smallest absolute Gasteiger partial charge is 0.309 e. The van der Waals surface area contributed by atoms with Gasteiger partial charge < -0.3 is 4.74 Å². The number of carbonyl (C=O) groups is 1. The molecule has 3 nitrogen and oxygen atoms in total. The number of carbonyl (C=O) groups excluding carboxylic acids is 1. The molecule has 0 N–H and O–H groups in total. The lowest BCUT2D eigenvalue weighted by Gasteiger charge is -2.30. The molecule has 0 saturated heterocycles. The van der Waals surface area contributed by atoms with Gasteiger partial charge in [-0.05, 0) is 51.7 Å². The van der Waals surface area contributed by atoms with Crippen LogP contribution in [0.4, 0.5) is 0 Å². The summed E-state index contributed by atoms with van der Waals surface area (Å²) in [5, 5.41) is 0. The molecule has 1 aromatic rings. The second-order valence-corrected chi connectivity index (χ2v) is 6.37. The normalized spacial score (nSPS) is 20.5. The number of hydrogen-bond donors (Lipinski definition) is 0. The van der Waals surface area contributed by atoms with Crippen molar-refractivity contribution in [2.75, 3.05) is 0 Å². The van der Waals surface area contributed by atoms with Crippen LogP contribution in [0.25, 0.3) is 0 Å². The number of rotatable bonds is 2. The van der Waals surface area contributed by atoms with Crippen molar-refractivity contribution < 1.29 is 9.53 Å². The highest BCUT2D eigenvalue weighted by molar-refractivity contribution is 5.73. The number of aromatic nitrogens is 1. The summed E-state index contributed by atoms with van der Waals surface area (Å²) in [6.45, 7) is 7.68. The van der Waals surface area contributed by atoms with Crippen molar-refractivity contribution in [1.82, 2.24) is 4.98 Å². The molecule has 1 heterocycles. The summed E-state index contributed by atoms with van der Waals surface area (Å²) in [6.07, 6.45) is 5.03. The van der Waals surface area contributed by atoms with Gasteiger partial charge in [-0.15, -0.1) is 0 Å². The topological polar surface area (TPSA) is 39.2 Å². The Morgan fingerprint density at radius 3 is 2.89 bits per heavy atom. The van der Waals surface area contributed by atoms with Gasteiger partial charge in [0.1, 0.15) is 5.60 Å². The van der Waals surface area contributed by atoms with Crippen LogP contribution in [0, 0.1) is 5.92 Å². The van der Waals surface area contributed by atoms with Crippen LogP contribution in [0.3, 0.4) is 0 Å². The lowest BCUT2D eigenvalue weighted by atomic mass is 9.79. The minimum atomic E-state index is -0.424.